The molecule has 0 aliphatic carbocycles. The lowest BCUT2D eigenvalue weighted by Crippen LogP contribution is -2.32. The smallest absolute Gasteiger partial charge is 0.252 e. The van der Waals surface area contributed by atoms with Crippen LogP contribution < -0.4 is 9.62 Å². The fourth-order valence-corrected chi connectivity index (χ4v) is 4.14. The molecule has 0 aromatic heterocycles. The summed E-state index contributed by atoms with van der Waals surface area (Å²) in [6, 6.07) is 10.6. The van der Waals surface area contributed by atoms with Crippen molar-refractivity contribution in [2.45, 2.75) is 12.2 Å². The van der Waals surface area contributed by atoms with Gasteiger partial charge in [0.25, 0.3) is 5.91 Å². The van der Waals surface area contributed by atoms with E-state index in [2.05, 4.69) is 4.72 Å². The highest BCUT2D eigenvalue weighted by atomic mass is 32.2. The van der Waals surface area contributed by atoms with Crippen molar-refractivity contribution >= 4 is 27.3 Å². The molecule has 0 atom stereocenters. The molecular weight excluding hydrogens is 359 g/mol. The lowest BCUT2D eigenvalue weighted by Gasteiger charge is -2.18. The van der Waals surface area contributed by atoms with Crippen molar-refractivity contribution in [2.75, 3.05) is 29.9 Å². The Balaban J connectivity index is 1.78. The molecule has 6 nitrogen and oxygen atoms in total. The number of nitrogens with one attached hydrogen (secondary N) is 1. The van der Waals surface area contributed by atoms with Crippen LogP contribution >= 0.6 is 0 Å². The number of amides is 1. The van der Waals surface area contributed by atoms with Crippen molar-refractivity contribution in [1.29, 1.82) is 0 Å². The van der Waals surface area contributed by atoms with Gasteiger partial charge in [-0.05, 0) is 41.8 Å². The molecule has 0 radical (unpaired) electrons. The van der Waals surface area contributed by atoms with Crippen LogP contribution in [-0.2, 0) is 31.7 Å². The van der Waals surface area contributed by atoms with Crippen LogP contribution in [0.15, 0.2) is 42.5 Å². The van der Waals surface area contributed by atoms with E-state index in [-0.39, 0.29) is 18.3 Å². The van der Waals surface area contributed by atoms with Gasteiger partial charge in [0.2, 0.25) is 10.0 Å². The van der Waals surface area contributed by atoms with E-state index in [1.54, 1.807) is 29.2 Å². The van der Waals surface area contributed by atoms with E-state index in [1.165, 1.54) is 25.3 Å². The summed E-state index contributed by atoms with van der Waals surface area (Å²) >= 11 is 0. The molecule has 0 saturated carbocycles. The Morgan fingerprint density at radius 1 is 1.27 bits per heavy atom. The number of carbonyl (C=O) groups is 1. The average Bonchev–Trinajstić information content (AvgIpc) is 2.97. The monoisotopic (exact) mass is 378 g/mol. The second-order valence-electron chi connectivity index (χ2n) is 6.06. The number of sulfonamides is 1. The Kier molecular flexibility index (Phi) is 5.24. The number of hydrogen-bond acceptors (Lipinski definition) is 4. The molecule has 3 rings (SSSR count). The first kappa shape index (κ1) is 18.3. The van der Waals surface area contributed by atoms with Crippen LogP contribution in [0.1, 0.15) is 11.1 Å². The van der Waals surface area contributed by atoms with Gasteiger partial charge in [0, 0.05) is 19.3 Å². The summed E-state index contributed by atoms with van der Waals surface area (Å²) in [6.07, 6.45) is 0.709. The van der Waals surface area contributed by atoms with Gasteiger partial charge in [-0.2, -0.15) is 0 Å². The Hall–Kier alpha value is -2.45. The normalized spacial score (nSPS) is 13.5. The minimum absolute atomic E-state index is 0.0328. The lowest BCUT2D eigenvalue weighted by atomic mass is 10.1. The van der Waals surface area contributed by atoms with Crippen molar-refractivity contribution in [1.82, 2.24) is 0 Å². The summed E-state index contributed by atoms with van der Waals surface area (Å²) in [4.78, 5) is 13.7. The number of benzene rings is 2. The fourth-order valence-electron chi connectivity index (χ4n) is 2.96. The molecule has 0 unspecified atom stereocenters. The molecule has 1 aliphatic rings. The molecule has 1 N–H and O–H groups in total. The summed E-state index contributed by atoms with van der Waals surface area (Å²) in [5.74, 6) is -0.998. The van der Waals surface area contributed by atoms with Crippen LogP contribution in [0.25, 0.3) is 0 Å². The first-order chi connectivity index (χ1) is 12.4. The molecule has 2 aromatic carbocycles. The number of anilines is 2. The summed E-state index contributed by atoms with van der Waals surface area (Å²) in [6.45, 7) is 0.506. The van der Waals surface area contributed by atoms with Crippen LogP contribution in [0.5, 0.6) is 0 Å². The second-order valence-corrected chi connectivity index (χ2v) is 7.79. The minimum atomic E-state index is -3.71. The molecule has 0 fully saturated rings. The zero-order chi connectivity index (χ0) is 18.7. The van der Waals surface area contributed by atoms with Gasteiger partial charge in [0.1, 0.15) is 12.4 Å². The maximum absolute atomic E-state index is 13.2. The molecule has 2 aromatic rings. The third kappa shape index (κ3) is 4.20. The Morgan fingerprint density at radius 2 is 2.08 bits per heavy atom. The molecule has 0 spiro atoms. The Bertz CT molecular complexity index is 931. The number of halogens is 1. The molecule has 1 aliphatic heterocycles. The number of nitrogens with zero attached hydrogens (tertiary/aromatic N) is 1. The van der Waals surface area contributed by atoms with Gasteiger partial charge in [-0.15, -0.1) is 0 Å². The maximum Gasteiger partial charge on any atom is 0.252 e. The van der Waals surface area contributed by atoms with Crippen molar-refractivity contribution in [3.63, 3.8) is 0 Å². The van der Waals surface area contributed by atoms with Crippen LogP contribution in [-0.4, -0.2) is 34.6 Å². The van der Waals surface area contributed by atoms with E-state index < -0.39 is 15.8 Å². The summed E-state index contributed by atoms with van der Waals surface area (Å²) in [5, 5.41) is 0. The van der Waals surface area contributed by atoms with E-state index in [9.17, 15) is 17.6 Å². The van der Waals surface area contributed by atoms with Crippen molar-refractivity contribution in [3.05, 3.63) is 59.4 Å². The van der Waals surface area contributed by atoms with E-state index in [1.807, 2.05) is 0 Å². The number of hydrogen-bond donors (Lipinski definition) is 1. The standard InChI is InChI=1S/C18H19FN2O4S/c1-25-11-18(22)21-8-7-14-5-6-16(10-17(14)21)20-26(23,24)12-13-3-2-4-15(19)9-13/h2-6,9-10,20H,7-8,11-12H2,1H3. The van der Waals surface area contributed by atoms with Gasteiger partial charge in [0.05, 0.1) is 11.4 Å². The third-order valence-electron chi connectivity index (χ3n) is 4.07. The molecule has 0 bridgehead atoms. The maximum atomic E-state index is 13.2. The lowest BCUT2D eigenvalue weighted by molar-refractivity contribution is -0.122. The predicted molar refractivity (Wildman–Crippen MR) is 97.0 cm³/mol. The highest BCUT2D eigenvalue weighted by Gasteiger charge is 2.25. The fraction of sp³-hybridized carbons (Fsp3) is 0.278. The number of methoxy groups -OCH3 is 1. The zero-order valence-electron chi connectivity index (χ0n) is 14.2. The van der Waals surface area contributed by atoms with Crippen molar-refractivity contribution in [2.24, 2.45) is 0 Å². The Labute approximate surface area is 151 Å². The summed E-state index contributed by atoms with van der Waals surface area (Å²) in [5.41, 5.74) is 2.37. The molecule has 1 amide bonds. The van der Waals surface area contributed by atoms with Crippen LogP contribution in [0.2, 0.25) is 0 Å². The number of rotatable bonds is 6. The van der Waals surface area contributed by atoms with E-state index >= 15 is 0 Å². The number of ether oxygens (including phenoxy) is 1. The topological polar surface area (TPSA) is 75.7 Å². The van der Waals surface area contributed by atoms with Crippen molar-refractivity contribution < 1.29 is 22.3 Å². The number of carbonyl (C=O) groups excluding carboxylic acids is 1. The quantitative estimate of drug-likeness (QED) is 0.837. The van der Waals surface area contributed by atoms with Gasteiger partial charge in [0.15, 0.2) is 0 Å². The molecular formula is C18H19FN2O4S. The second kappa shape index (κ2) is 7.43. The molecule has 26 heavy (non-hydrogen) atoms. The number of fused-ring (bicyclic) bond motifs is 1. The van der Waals surface area contributed by atoms with Crippen LogP contribution in [0.4, 0.5) is 15.8 Å². The predicted octanol–water partition coefficient (Wildman–Crippen LogP) is 2.30. The van der Waals surface area contributed by atoms with Gasteiger partial charge >= 0.3 is 0 Å². The summed E-state index contributed by atoms with van der Waals surface area (Å²) in [7, 11) is -2.26. The van der Waals surface area contributed by atoms with E-state index in [0.717, 1.165) is 5.56 Å². The third-order valence-corrected chi connectivity index (χ3v) is 5.33. The first-order valence-corrected chi connectivity index (χ1v) is 9.70. The van der Waals surface area contributed by atoms with E-state index in [0.29, 0.717) is 29.9 Å². The molecule has 8 heteroatoms. The molecule has 0 saturated heterocycles. The van der Waals surface area contributed by atoms with Gasteiger partial charge in [-0.25, -0.2) is 12.8 Å². The highest BCUT2D eigenvalue weighted by Crippen LogP contribution is 2.31. The SMILES string of the molecule is COCC(=O)N1CCc2ccc(NS(=O)(=O)Cc3cccc(F)c3)cc21. The van der Waals surface area contributed by atoms with Gasteiger partial charge in [-0.3, -0.25) is 9.52 Å². The van der Waals surface area contributed by atoms with Crippen molar-refractivity contribution in [3.8, 4) is 0 Å². The average molecular weight is 378 g/mol. The Morgan fingerprint density at radius 3 is 2.81 bits per heavy atom. The zero-order valence-corrected chi connectivity index (χ0v) is 15.1. The minimum Gasteiger partial charge on any atom is -0.375 e. The van der Waals surface area contributed by atoms with Crippen LogP contribution in [0, 0.1) is 5.82 Å². The largest absolute Gasteiger partial charge is 0.375 e. The van der Waals surface area contributed by atoms with Gasteiger partial charge < -0.3 is 9.64 Å². The molecule has 1 heterocycles. The van der Waals surface area contributed by atoms with Crippen LogP contribution in [0.3, 0.4) is 0 Å². The molecule has 138 valence electrons. The first-order valence-electron chi connectivity index (χ1n) is 8.05. The van der Waals surface area contributed by atoms with E-state index in [4.69, 9.17) is 4.74 Å². The highest BCUT2D eigenvalue weighted by molar-refractivity contribution is 7.91. The van der Waals surface area contributed by atoms with Gasteiger partial charge in [-0.1, -0.05) is 18.2 Å². The summed E-state index contributed by atoms with van der Waals surface area (Å²) < 4.78 is 45.3.